The van der Waals surface area contributed by atoms with Crippen LogP contribution in [0.4, 0.5) is 0 Å². The van der Waals surface area contributed by atoms with Crippen LogP contribution in [0, 0.1) is 0 Å². The Balaban J connectivity index is 2.03. The van der Waals surface area contributed by atoms with Crippen LogP contribution in [0.5, 0.6) is 0 Å². The highest BCUT2D eigenvalue weighted by atomic mass is 32.1. The molecular weight excluding hydrogens is 266 g/mol. The number of hydrogen-bond acceptors (Lipinski definition) is 5. The van der Waals surface area contributed by atoms with Crippen molar-refractivity contribution in [2.45, 2.75) is 0 Å². The second-order valence-corrected chi connectivity index (χ2v) is 4.70. The Bertz CT molecular complexity index is 382. The summed E-state index contributed by atoms with van der Waals surface area (Å²) >= 11 is 1.35. The van der Waals surface area contributed by atoms with Gasteiger partial charge in [0, 0.05) is 26.7 Å². The average Bonchev–Trinajstić information content (AvgIpc) is 2.94. The third-order valence-electron chi connectivity index (χ3n) is 2.26. The van der Waals surface area contributed by atoms with Gasteiger partial charge in [0.1, 0.15) is 0 Å². The summed E-state index contributed by atoms with van der Waals surface area (Å²) in [6, 6.07) is 3.52. The molecule has 0 saturated heterocycles. The van der Waals surface area contributed by atoms with E-state index in [1.165, 1.54) is 11.3 Å². The zero-order chi connectivity index (χ0) is 13.9. The number of rotatable bonds is 9. The van der Waals surface area contributed by atoms with Crippen molar-refractivity contribution in [1.82, 2.24) is 16.0 Å². The van der Waals surface area contributed by atoms with Gasteiger partial charge in [0.15, 0.2) is 0 Å². The van der Waals surface area contributed by atoms with Crippen LogP contribution < -0.4 is 16.0 Å². The molecule has 0 unspecified atom stereocenters. The van der Waals surface area contributed by atoms with Crippen LogP contribution in [0.2, 0.25) is 0 Å². The first-order valence-corrected chi connectivity index (χ1v) is 6.90. The topological polar surface area (TPSA) is 79.5 Å². The molecule has 6 nitrogen and oxygen atoms in total. The SMILES string of the molecule is COCCNCCNC(=O)CNC(=O)c1cccs1. The molecule has 1 rings (SSSR count). The highest BCUT2D eigenvalue weighted by Crippen LogP contribution is 2.07. The van der Waals surface area contributed by atoms with Crippen LogP contribution in [0.1, 0.15) is 9.67 Å². The maximum Gasteiger partial charge on any atom is 0.261 e. The van der Waals surface area contributed by atoms with Gasteiger partial charge in [-0.3, -0.25) is 9.59 Å². The van der Waals surface area contributed by atoms with E-state index in [1.54, 1.807) is 19.2 Å². The zero-order valence-electron chi connectivity index (χ0n) is 10.9. The van der Waals surface area contributed by atoms with Gasteiger partial charge in [-0.1, -0.05) is 6.07 Å². The Morgan fingerprint density at radius 1 is 1.26 bits per heavy atom. The van der Waals surface area contributed by atoms with E-state index in [1.807, 2.05) is 5.38 Å². The predicted molar refractivity (Wildman–Crippen MR) is 74.4 cm³/mol. The van der Waals surface area contributed by atoms with Gasteiger partial charge in [0.2, 0.25) is 5.91 Å². The van der Waals surface area contributed by atoms with Gasteiger partial charge in [-0.2, -0.15) is 0 Å². The van der Waals surface area contributed by atoms with Crippen LogP contribution in [-0.2, 0) is 9.53 Å². The van der Waals surface area contributed by atoms with Gasteiger partial charge in [-0.05, 0) is 11.4 Å². The number of carbonyl (C=O) groups excluding carboxylic acids is 2. The summed E-state index contributed by atoms with van der Waals surface area (Å²) in [5.74, 6) is -0.415. The quantitative estimate of drug-likeness (QED) is 0.550. The van der Waals surface area contributed by atoms with E-state index in [0.717, 1.165) is 6.54 Å². The minimum atomic E-state index is -0.219. The first-order chi connectivity index (χ1) is 9.24. The van der Waals surface area contributed by atoms with Crippen molar-refractivity contribution in [2.24, 2.45) is 0 Å². The lowest BCUT2D eigenvalue weighted by atomic mass is 10.4. The zero-order valence-corrected chi connectivity index (χ0v) is 11.7. The number of ether oxygens (including phenoxy) is 1. The molecule has 1 aromatic rings. The summed E-state index contributed by atoms with van der Waals surface area (Å²) in [6.07, 6.45) is 0. The standard InChI is InChI=1S/C12H19N3O3S/c1-18-7-6-13-4-5-14-11(16)9-15-12(17)10-3-2-8-19-10/h2-3,8,13H,4-7,9H2,1H3,(H,14,16)(H,15,17). The summed E-state index contributed by atoms with van der Waals surface area (Å²) in [5.41, 5.74) is 0. The Kier molecular flexibility index (Phi) is 7.80. The summed E-state index contributed by atoms with van der Waals surface area (Å²) in [6.45, 7) is 2.59. The molecule has 0 aromatic carbocycles. The molecule has 0 saturated carbocycles. The molecule has 106 valence electrons. The van der Waals surface area contributed by atoms with E-state index in [9.17, 15) is 9.59 Å². The fourth-order valence-corrected chi connectivity index (χ4v) is 1.95. The van der Waals surface area contributed by atoms with Crippen molar-refractivity contribution in [3.63, 3.8) is 0 Å². The molecule has 0 spiro atoms. The summed E-state index contributed by atoms with van der Waals surface area (Å²) < 4.78 is 4.87. The van der Waals surface area contributed by atoms with Crippen LogP contribution in [0.15, 0.2) is 17.5 Å². The Hall–Kier alpha value is -1.44. The summed E-state index contributed by atoms with van der Waals surface area (Å²) in [5, 5.41) is 10.2. The minimum Gasteiger partial charge on any atom is -0.383 e. The maximum absolute atomic E-state index is 11.6. The molecule has 0 fully saturated rings. The second-order valence-electron chi connectivity index (χ2n) is 3.75. The highest BCUT2D eigenvalue weighted by molar-refractivity contribution is 7.12. The van der Waals surface area contributed by atoms with E-state index in [4.69, 9.17) is 4.74 Å². The van der Waals surface area contributed by atoms with E-state index in [2.05, 4.69) is 16.0 Å². The smallest absolute Gasteiger partial charge is 0.261 e. The van der Waals surface area contributed by atoms with Crippen LogP contribution in [0.25, 0.3) is 0 Å². The predicted octanol–water partition coefficient (Wildman–Crippen LogP) is -0.170. The number of nitrogens with one attached hydrogen (secondary N) is 3. The number of thiophene rings is 1. The molecule has 19 heavy (non-hydrogen) atoms. The van der Waals surface area contributed by atoms with Gasteiger partial charge < -0.3 is 20.7 Å². The maximum atomic E-state index is 11.6. The van der Waals surface area contributed by atoms with E-state index >= 15 is 0 Å². The Labute approximate surface area is 116 Å². The van der Waals surface area contributed by atoms with Crippen molar-refractivity contribution in [3.05, 3.63) is 22.4 Å². The molecule has 1 heterocycles. The fraction of sp³-hybridized carbons (Fsp3) is 0.500. The highest BCUT2D eigenvalue weighted by Gasteiger charge is 2.07. The molecular formula is C12H19N3O3S. The van der Waals surface area contributed by atoms with Gasteiger partial charge >= 0.3 is 0 Å². The molecule has 0 aliphatic rings. The number of methoxy groups -OCH3 is 1. The van der Waals surface area contributed by atoms with Crippen LogP contribution >= 0.6 is 11.3 Å². The monoisotopic (exact) mass is 285 g/mol. The van der Waals surface area contributed by atoms with Gasteiger partial charge in [0.05, 0.1) is 18.0 Å². The molecule has 0 atom stereocenters. The van der Waals surface area contributed by atoms with Crippen molar-refractivity contribution in [2.75, 3.05) is 39.9 Å². The molecule has 3 N–H and O–H groups in total. The van der Waals surface area contributed by atoms with Crippen LogP contribution in [0.3, 0.4) is 0 Å². The lowest BCUT2D eigenvalue weighted by Crippen LogP contribution is -2.39. The third kappa shape index (κ3) is 6.90. The lowest BCUT2D eigenvalue weighted by Gasteiger charge is -2.07. The first-order valence-electron chi connectivity index (χ1n) is 6.02. The largest absolute Gasteiger partial charge is 0.383 e. The average molecular weight is 285 g/mol. The molecule has 0 radical (unpaired) electrons. The van der Waals surface area contributed by atoms with Gasteiger partial charge in [-0.15, -0.1) is 11.3 Å². The molecule has 0 aliphatic carbocycles. The van der Waals surface area contributed by atoms with Crippen molar-refractivity contribution >= 4 is 23.2 Å². The fourth-order valence-electron chi connectivity index (χ4n) is 1.31. The lowest BCUT2D eigenvalue weighted by molar-refractivity contribution is -0.120. The van der Waals surface area contributed by atoms with Crippen molar-refractivity contribution in [1.29, 1.82) is 0 Å². The Morgan fingerprint density at radius 3 is 2.79 bits per heavy atom. The molecule has 0 bridgehead atoms. The summed E-state index contributed by atoms with van der Waals surface area (Å²) in [7, 11) is 1.64. The molecule has 1 aromatic heterocycles. The normalized spacial score (nSPS) is 10.2. The van der Waals surface area contributed by atoms with E-state index < -0.39 is 0 Å². The van der Waals surface area contributed by atoms with Gasteiger partial charge in [-0.25, -0.2) is 0 Å². The molecule has 0 aliphatic heterocycles. The summed E-state index contributed by atoms with van der Waals surface area (Å²) in [4.78, 5) is 23.6. The van der Waals surface area contributed by atoms with E-state index in [0.29, 0.717) is 24.6 Å². The number of amides is 2. The molecule has 2 amide bonds. The van der Waals surface area contributed by atoms with Crippen molar-refractivity contribution in [3.8, 4) is 0 Å². The third-order valence-corrected chi connectivity index (χ3v) is 3.13. The van der Waals surface area contributed by atoms with Crippen molar-refractivity contribution < 1.29 is 14.3 Å². The minimum absolute atomic E-state index is 0.00515. The van der Waals surface area contributed by atoms with Gasteiger partial charge in [0.25, 0.3) is 5.91 Å². The van der Waals surface area contributed by atoms with Crippen LogP contribution in [-0.4, -0.2) is 51.7 Å². The Morgan fingerprint density at radius 2 is 2.11 bits per heavy atom. The number of carbonyl (C=O) groups is 2. The first kappa shape index (κ1) is 15.6. The number of hydrogen-bond donors (Lipinski definition) is 3. The second kappa shape index (κ2) is 9.48. The van der Waals surface area contributed by atoms with E-state index in [-0.39, 0.29) is 18.4 Å². The molecule has 7 heteroatoms.